The van der Waals surface area contributed by atoms with Crippen molar-refractivity contribution in [1.82, 2.24) is 9.97 Å². The fourth-order valence-corrected chi connectivity index (χ4v) is 3.25. The summed E-state index contributed by atoms with van der Waals surface area (Å²) in [5.41, 5.74) is 1.69. The van der Waals surface area contributed by atoms with Gasteiger partial charge in [0.05, 0.1) is 11.4 Å². The predicted molar refractivity (Wildman–Crippen MR) is 91.1 cm³/mol. The summed E-state index contributed by atoms with van der Waals surface area (Å²) < 4.78 is 12.8. The van der Waals surface area contributed by atoms with Crippen LogP contribution in [0.2, 0.25) is 0 Å². The van der Waals surface area contributed by atoms with Gasteiger partial charge in [-0.1, -0.05) is 0 Å². The second-order valence-electron chi connectivity index (χ2n) is 4.57. The number of carbonyl (C=O) groups is 1. The molecule has 0 spiro atoms. The van der Waals surface area contributed by atoms with Crippen molar-refractivity contribution in [3.05, 3.63) is 60.0 Å². The van der Waals surface area contributed by atoms with Gasteiger partial charge in [0.2, 0.25) is 5.91 Å². The highest BCUT2D eigenvalue weighted by Crippen LogP contribution is 2.24. The number of benzene rings is 1. The molecule has 0 bridgehead atoms. The Hall–Kier alpha value is -2.25. The van der Waals surface area contributed by atoms with Crippen molar-refractivity contribution in [3.63, 3.8) is 0 Å². The minimum Gasteiger partial charge on any atom is -0.301 e. The third kappa shape index (κ3) is 4.37. The lowest BCUT2D eigenvalue weighted by Crippen LogP contribution is -2.13. The first kappa shape index (κ1) is 15.6. The number of nitrogens with one attached hydrogen (secondary N) is 1. The van der Waals surface area contributed by atoms with Crippen molar-refractivity contribution in [3.8, 4) is 11.3 Å². The van der Waals surface area contributed by atoms with E-state index in [4.69, 9.17) is 0 Å². The highest BCUT2D eigenvalue weighted by molar-refractivity contribution is 8.00. The fourth-order valence-electron chi connectivity index (χ4n) is 1.81. The molecule has 2 aromatic heterocycles. The number of aromatic nitrogens is 2. The summed E-state index contributed by atoms with van der Waals surface area (Å²) in [4.78, 5) is 21.2. The van der Waals surface area contributed by atoms with Gasteiger partial charge in [-0.05, 0) is 36.4 Å². The number of carbonyl (C=O) groups excluding carboxylic acids is 1. The average Bonchev–Trinajstić information content (AvgIpc) is 3.04. The number of rotatable bonds is 5. The number of thiazole rings is 1. The summed E-state index contributed by atoms with van der Waals surface area (Å²) in [7, 11) is 0. The van der Waals surface area contributed by atoms with Crippen molar-refractivity contribution in [2.75, 3.05) is 11.1 Å². The fraction of sp³-hybridized carbons (Fsp3) is 0.0625. The van der Waals surface area contributed by atoms with Gasteiger partial charge in [0, 0.05) is 28.2 Å². The molecule has 0 aliphatic heterocycles. The van der Waals surface area contributed by atoms with Crippen LogP contribution >= 0.6 is 23.1 Å². The molecule has 3 rings (SSSR count). The van der Waals surface area contributed by atoms with Crippen LogP contribution in [-0.4, -0.2) is 21.6 Å². The third-order valence-corrected chi connectivity index (χ3v) is 4.66. The summed E-state index contributed by atoms with van der Waals surface area (Å²) in [5, 5.41) is 5.19. The summed E-state index contributed by atoms with van der Waals surface area (Å²) in [6.45, 7) is 0. The van der Waals surface area contributed by atoms with E-state index in [2.05, 4.69) is 15.3 Å². The van der Waals surface area contributed by atoms with Crippen LogP contribution < -0.4 is 5.32 Å². The van der Waals surface area contributed by atoms with Crippen LogP contribution in [0, 0.1) is 5.82 Å². The van der Waals surface area contributed by atoms with Gasteiger partial charge in [0.25, 0.3) is 0 Å². The Morgan fingerprint density at radius 2 is 2.09 bits per heavy atom. The Morgan fingerprint density at radius 3 is 2.83 bits per heavy atom. The molecule has 23 heavy (non-hydrogen) atoms. The lowest BCUT2D eigenvalue weighted by molar-refractivity contribution is -0.113. The number of thioether (sulfide) groups is 1. The van der Waals surface area contributed by atoms with Crippen molar-refractivity contribution < 1.29 is 9.18 Å². The minimum absolute atomic E-state index is 0.147. The van der Waals surface area contributed by atoms with Gasteiger partial charge in [-0.2, -0.15) is 0 Å². The average molecular weight is 345 g/mol. The van der Waals surface area contributed by atoms with Crippen LogP contribution in [0.1, 0.15) is 0 Å². The second kappa shape index (κ2) is 7.34. The van der Waals surface area contributed by atoms with Crippen molar-refractivity contribution in [2.24, 2.45) is 0 Å². The maximum atomic E-state index is 12.8. The van der Waals surface area contributed by atoms with Gasteiger partial charge in [0.1, 0.15) is 5.82 Å². The number of nitrogens with zero attached hydrogens (tertiary/aromatic N) is 2. The monoisotopic (exact) mass is 345 g/mol. The molecule has 116 valence electrons. The van der Waals surface area contributed by atoms with Crippen molar-refractivity contribution in [1.29, 1.82) is 0 Å². The molecule has 0 unspecified atom stereocenters. The zero-order valence-electron chi connectivity index (χ0n) is 11.9. The Bertz CT molecular complexity index is 791. The van der Waals surface area contributed by atoms with Gasteiger partial charge in [-0.15, -0.1) is 23.1 Å². The highest BCUT2D eigenvalue weighted by Gasteiger charge is 2.08. The summed E-state index contributed by atoms with van der Waals surface area (Å²) >= 11 is 2.71. The number of pyridine rings is 1. The Kier molecular flexibility index (Phi) is 4.99. The van der Waals surface area contributed by atoms with Gasteiger partial charge in [0.15, 0.2) is 5.13 Å². The summed E-state index contributed by atoms with van der Waals surface area (Å²) in [6, 6.07) is 9.81. The van der Waals surface area contributed by atoms with Crippen LogP contribution in [0.4, 0.5) is 9.52 Å². The maximum absolute atomic E-state index is 12.8. The quantitative estimate of drug-likeness (QED) is 0.708. The van der Waals surface area contributed by atoms with E-state index in [9.17, 15) is 9.18 Å². The first-order valence-corrected chi connectivity index (χ1v) is 8.61. The number of amides is 1. The molecule has 1 amide bonds. The lowest BCUT2D eigenvalue weighted by Gasteiger charge is -2.02. The molecule has 1 aromatic carbocycles. The molecule has 7 heteroatoms. The number of hydrogen-bond donors (Lipinski definition) is 1. The van der Waals surface area contributed by atoms with E-state index in [1.165, 1.54) is 35.2 Å². The number of hydrogen-bond acceptors (Lipinski definition) is 5. The standard InChI is InChI=1S/C16H12FN3OS2/c17-12-3-5-13(6-4-12)22-10-15(21)20-16-19-14(9-23-16)11-2-1-7-18-8-11/h1-9H,10H2,(H,19,20,21). The molecule has 1 N–H and O–H groups in total. The normalized spacial score (nSPS) is 10.5. The molecule has 0 aliphatic rings. The van der Waals surface area contributed by atoms with E-state index in [1.807, 2.05) is 17.5 Å². The Morgan fingerprint density at radius 1 is 1.26 bits per heavy atom. The summed E-state index contributed by atoms with van der Waals surface area (Å²) in [5.74, 6) is -0.191. The second-order valence-corrected chi connectivity index (χ2v) is 6.48. The molecule has 0 atom stereocenters. The van der Waals surface area contributed by atoms with Crippen LogP contribution in [0.5, 0.6) is 0 Å². The number of anilines is 1. The van der Waals surface area contributed by atoms with E-state index < -0.39 is 0 Å². The van der Waals surface area contributed by atoms with Gasteiger partial charge in [-0.3, -0.25) is 9.78 Å². The molecular formula is C16H12FN3OS2. The molecule has 0 fully saturated rings. The van der Waals surface area contributed by atoms with Crippen LogP contribution in [0.25, 0.3) is 11.3 Å². The van der Waals surface area contributed by atoms with E-state index >= 15 is 0 Å². The minimum atomic E-state index is -0.287. The molecule has 0 saturated carbocycles. The van der Waals surface area contributed by atoms with Crippen LogP contribution in [0.3, 0.4) is 0 Å². The lowest BCUT2D eigenvalue weighted by atomic mass is 10.2. The first-order chi connectivity index (χ1) is 11.2. The van der Waals surface area contributed by atoms with E-state index in [-0.39, 0.29) is 17.5 Å². The molecule has 4 nitrogen and oxygen atoms in total. The first-order valence-electron chi connectivity index (χ1n) is 6.75. The molecule has 3 aromatic rings. The SMILES string of the molecule is O=C(CSc1ccc(F)cc1)Nc1nc(-c2cccnc2)cs1. The maximum Gasteiger partial charge on any atom is 0.236 e. The molecule has 2 heterocycles. The van der Waals surface area contributed by atoms with Gasteiger partial charge in [-0.25, -0.2) is 9.37 Å². The summed E-state index contributed by atoms with van der Waals surface area (Å²) in [6.07, 6.45) is 3.43. The zero-order chi connectivity index (χ0) is 16.1. The highest BCUT2D eigenvalue weighted by atomic mass is 32.2. The molecule has 0 saturated heterocycles. The topological polar surface area (TPSA) is 54.9 Å². The van der Waals surface area contributed by atoms with Crippen molar-refractivity contribution in [2.45, 2.75) is 4.90 Å². The Balaban J connectivity index is 1.56. The molecular weight excluding hydrogens is 333 g/mol. The van der Waals surface area contributed by atoms with E-state index in [0.717, 1.165) is 16.2 Å². The van der Waals surface area contributed by atoms with Crippen LogP contribution in [0.15, 0.2) is 59.1 Å². The largest absolute Gasteiger partial charge is 0.301 e. The third-order valence-electron chi connectivity index (χ3n) is 2.89. The zero-order valence-corrected chi connectivity index (χ0v) is 13.5. The predicted octanol–water partition coefficient (Wildman–Crippen LogP) is 4.08. The Labute approximate surface area is 140 Å². The molecule has 0 radical (unpaired) electrons. The molecule has 0 aliphatic carbocycles. The smallest absolute Gasteiger partial charge is 0.236 e. The van der Waals surface area contributed by atoms with E-state index in [1.54, 1.807) is 24.5 Å². The number of halogens is 1. The van der Waals surface area contributed by atoms with Crippen LogP contribution in [-0.2, 0) is 4.79 Å². The van der Waals surface area contributed by atoms with E-state index in [0.29, 0.717) is 5.13 Å². The van der Waals surface area contributed by atoms with Gasteiger partial charge < -0.3 is 5.32 Å². The van der Waals surface area contributed by atoms with Crippen molar-refractivity contribution >= 4 is 34.1 Å². The van der Waals surface area contributed by atoms with Gasteiger partial charge >= 0.3 is 0 Å².